The highest BCUT2D eigenvalue weighted by molar-refractivity contribution is 9.10. The second kappa shape index (κ2) is 4.10. The van der Waals surface area contributed by atoms with Crippen LogP contribution in [-0.2, 0) is 4.74 Å². The fraction of sp³-hybridized carbons (Fsp3) is 0.250. The van der Waals surface area contributed by atoms with E-state index < -0.39 is 5.97 Å². The molecular formula is C8H7BrN2O2. The number of aryl methyl sites for hydroxylation is 1. The molecule has 1 aromatic heterocycles. The summed E-state index contributed by atoms with van der Waals surface area (Å²) < 4.78 is 5.29. The van der Waals surface area contributed by atoms with Crippen LogP contribution in [0.5, 0.6) is 0 Å². The van der Waals surface area contributed by atoms with Crippen LogP contribution in [0.1, 0.15) is 16.2 Å². The van der Waals surface area contributed by atoms with Crippen LogP contribution >= 0.6 is 15.9 Å². The number of hydrogen-bond acceptors (Lipinski definition) is 3. The highest BCUT2D eigenvalue weighted by Crippen LogP contribution is 2.18. The number of H-pyrrole nitrogens is 1. The van der Waals surface area contributed by atoms with Crippen LogP contribution in [-0.4, -0.2) is 22.8 Å². The predicted molar refractivity (Wildman–Crippen MR) is 50.1 cm³/mol. The van der Waals surface area contributed by atoms with E-state index in [9.17, 15) is 4.79 Å². The highest BCUT2D eigenvalue weighted by Gasteiger charge is 2.16. The van der Waals surface area contributed by atoms with Gasteiger partial charge < -0.3 is 4.74 Å². The number of carbonyl (C=O) groups excluding carboxylic acids is 1. The molecule has 0 spiro atoms. The lowest BCUT2D eigenvalue weighted by Gasteiger charge is -1.96. The SMILES string of the molecule is C#CCOC(=O)c1n[nH]c(C)c1Br. The molecule has 0 aliphatic heterocycles. The van der Waals surface area contributed by atoms with Crippen LogP contribution in [0.2, 0.25) is 0 Å². The van der Waals surface area contributed by atoms with Gasteiger partial charge in [0.2, 0.25) is 0 Å². The Morgan fingerprint density at radius 1 is 1.85 bits per heavy atom. The number of carbonyl (C=O) groups is 1. The van der Waals surface area contributed by atoms with Gasteiger partial charge in [-0.1, -0.05) is 5.92 Å². The molecule has 0 atom stereocenters. The summed E-state index contributed by atoms with van der Waals surface area (Å²) in [5, 5.41) is 6.40. The van der Waals surface area contributed by atoms with Crippen LogP contribution in [0.3, 0.4) is 0 Å². The lowest BCUT2D eigenvalue weighted by atomic mass is 10.4. The van der Waals surface area contributed by atoms with E-state index in [1.807, 2.05) is 0 Å². The number of aromatic amines is 1. The van der Waals surface area contributed by atoms with Crippen molar-refractivity contribution >= 4 is 21.9 Å². The number of nitrogens with zero attached hydrogens (tertiary/aromatic N) is 1. The number of aromatic nitrogens is 2. The van der Waals surface area contributed by atoms with Gasteiger partial charge >= 0.3 is 5.97 Å². The molecule has 0 unspecified atom stereocenters. The lowest BCUT2D eigenvalue weighted by Crippen LogP contribution is -2.06. The number of rotatable bonds is 2. The van der Waals surface area contributed by atoms with Gasteiger partial charge in [-0.2, -0.15) is 5.10 Å². The molecule has 0 aliphatic rings. The van der Waals surface area contributed by atoms with Crippen molar-refractivity contribution in [2.75, 3.05) is 6.61 Å². The molecule has 0 saturated heterocycles. The topological polar surface area (TPSA) is 55.0 Å². The normalized spacial score (nSPS) is 9.31. The van der Waals surface area contributed by atoms with Crippen LogP contribution in [0, 0.1) is 19.3 Å². The summed E-state index contributed by atoms with van der Waals surface area (Å²) in [6.07, 6.45) is 4.93. The molecule has 1 heterocycles. The standard InChI is InChI=1S/C8H7BrN2O2/c1-3-4-13-8(12)7-6(9)5(2)10-11-7/h1H,4H2,2H3,(H,10,11). The summed E-state index contributed by atoms with van der Waals surface area (Å²) in [5.41, 5.74) is 0.986. The molecule has 0 bridgehead atoms. The van der Waals surface area contributed by atoms with Crippen molar-refractivity contribution in [3.8, 4) is 12.3 Å². The average Bonchev–Trinajstić information content (AvgIpc) is 2.44. The zero-order chi connectivity index (χ0) is 9.84. The minimum absolute atomic E-state index is 0.0445. The van der Waals surface area contributed by atoms with E-state index in [4.69, 9.17) is 6.42 Å². The van der Waals surface area contributed by atoms with Crippen LogP contribution < -0.4 is 0 Å². The third-order valence-corrected chi connectivity index (χ3v) is 2.32. The first-order valence-electron chi connectivity index (χ1n) is 3.48. The number of terminal acetylenes is 1. The second-order valence-electron chi connectivity index (χ2n) is 2.29. The quantitative estimate of drug-likeness (QED) is 0.628. The fourth-order valence-corrected chi connectivity index (χ4v) is 1.07. The first-order chi connectivity index (χ1) is 6.16. The Labute approximate surface area is 83.8 Å². The Morgan fingerprint density at radius 3 is 3.00 bits per heavy atom. The van der Waals surface area contributed by atoms with Crippen LogP contribution in [0.25, 0.3) is 0 Å². The number of halogens is 1. The van der Waals surface area contributed by atoms with Crippen LogP contribution in [0.4, 0.5) is 0 Å². The van der Waals surface area contributed by atoms with Gasteiger partial charge in [0.15, 0.2) is 12.3 Å². The van der Waals surface area contributed by atoms with Gasteiger partial charge in [0.05, 0.1) is 4.47 Å². The molecule has 0 radical (unpaired) electrons. The third kappa shape index (κ3) is 2.10. The van der Waals surface area contributed by atoms with E-state index in [0.717, 1.165) is 5.69 Å². The van der Waals surface area contributed by atoms with E-state index in [2.05, 4.69) is 36.8 Å². The zero-order valence-electron chi connectivity index (χ0n) is 6.93. The second-order valence-corrected chi connectivity index (χ2v) is 3.08. The summed E-state index contributed by atoms with van der Waals surface area (Å²) in [5.74, 6) is 1.67. The molecule has 1 rings (SSSR count). The monoisotopic (exact) mass is 242 g/mol. The average molecular weight is 243 g/mol. The molecule has 0 aromatic carbocycles. The van der Waals surface area contributed by atoms with Gasteiger partial charge in [-0.3, -0.25) is 5.10 Å². The third-order valence-electron chi connectivity index (χ3n) is 1.35. The Hall–Kier alpha value is -1.28. The lowest BCUT2D eigenvalue weighted by molar-refractivity contribution is 0.0549. The number of ether oxygens (including phenoxy) is 1. The summed E-state index contributed by atoms with van der Waals surface area (Å²) in [6.45, 7) is 1.74. The van der Waals surface area contributed by atoms with Crippen molar-refractivity contribution in [3.63, 3.8) is 0 Å². The first kappa shape index (κ1) is 9.81. The Kier molecular flexibility index (Phi) is 3.09. The van der Waals surface area contributed by atoms with Gasteiger partial charge in [0.25, 0.3) is 0 Å². The van der Waals surface area contributed by atoms with E-state index in [1.54, 1.807) is 6.92 Å². The van der Waals surface area contributed by atoms with Crippen molar-refractivity contribution in [3.05, 3.63) is 15.9 Å². The molecular weight excluding hydrogens is 236 g/mol. The molecule has 1 N–H and O–H groups in total. The molecule has 4 nitrogen and oxygen atoms in total. The highest BCUT2D eigenvalue weighted by atomic mass is 79.9. The van der Waals surface area contributed by atoms with E-state index >= 15 is 0 Å². The maximum atomic E-state index is 11.2. The molecule has 13 heavy (non-hydrogen) atoms. The molecule has 0 amide bonds. The summed E-state index contributed by atoms with van der Waals surface area (Å²) >= 11 is 3.20. The van der Waals surface area contributed by atoms with E-state index in [-0.39, 0.29) is 12.3 Å². The maximum Gasteiger partial charge on any atom is 0.360 e. The molecule has 68 valence electrons. The van der Waals surface area contributed by atoms with Crippen molar-refractivity contribution in [2.24, 2.45) is 0 Å². The zero-order valence-corrected chi connectivity index (χ0v) is 8.51. The number of nitrogens with one attached hydrogen (secondary N) is 1. The molecule has 0 aliphatic carbocycles. The predicted octanol–water partition coefficient (Wildman–Crippen LogP) is 1.27. The van der Waals surface area contributed by atoms with Crippen molar-refractivity contribution in [2.45, 2.75) is 6.92 Å². The minimum Gasteiger partial charge on any atom is -0.448 e. The van der Waals surface area contributed by atoms with Gasteiger partial charge in [-0.05, 0) is 22.9 Å². The number of hydrogen-bond donors (Lipinski definition) is 1. The van der Waals surface area contributed by atoms with Gasteiger partial charge in [0.1, 0.15) is 0 Å². The van der Waals surface area contributed by atoms with Gasteiger partial charge in [-0.25, -0.2) is 4.79 Å². The molecule has 0 saturated carbocycles. The molecule has 1 aromatic rings. The fourth-order valence-electron chi connectivity index (χ4n) is 0.726. The van der Waals surface area contributed by atoms with E-state index in [0.29, 0.717) is 4.47 Å². The summed E-state index contributed by atoms with van der Waals surface area (Å²) in [4.78, 5) is 11.2. The van der Waals surface area contributed by atoms with Crippen LogP contribution in [0.15, 0.2) is 4.47 Å². The van der Waals surface area contributed by atoms with Crippen molar-refractivity contribution < 1.29 is 9.53 Å². The smallest absolute Gasteiger partial charge is 0.360 e. The summed E-state index contributed by atoms with van der Waals surface area (Å²) in [6, 6.07) is 0. The van der Waals surface area contributed by atoms with E-state index in [1.165, 1.54) is 0 Å². The Bertz CT molecular complexity index is 365. The summed E-state index contributed by atoms with van der Waals surface area (Å²) in [7, 11) is 0. The van der Waals surface area contributed by atoms with Crippen molar-refractivity contribution in [1.29, 1.82) is 0 Å². The first-order valence-corrected chi connectivity index (χ1v) is 4.27. The maximum absolute atomic E-state index is 11.2. The Morgan fingerprint density at radius 2 is 2.54 bits per heavy atom. The minimum atomic E-state index is -0.533. The number of esters is 1. The Balaban J connectivity index is 2.78. The molecule has 5 heteroatoms. The van der Waals surface area contributed by atoms with Crippen molar-refractivity contribution in [1.82, 2.24) is 10.2 Å². The van der Waals surface area contributed by atoms with Gasteiger partial charge in [0, 0.05) is 5.69 Å². The largest absolute Gasteiger partial charge is 0.448 e. The molecule has 0 fully saturated rings. The van der Waals surface area contributed by atoms with Gasteiger partial charge in [-0.15, -0.1) is 6.42 Å².